The van der Waals surface area contributed by atoms with Crippen molar-refractivity contribution in [2.75, 3.05) is 13.1 Å². The first-order valence-electron chi connectivity index (χ1n) is 6.98. The molecule has 0 radical (unpaired) electrons. The molecule has 0 unspecified atom stereocenters. The SMILES string of the molecule is CCN(CC(=O)OCc1nnc(C)o1)Cc1ccc(Cl)cc1. The minimum Gasteiger partial charge on any atom is -0.455 e. The van der Waals surface area contributed by atoms with Gasteiger partial charge in [0.2, 0.25) is 5.89 Å². The van der Waals surface area contributed by atoms with E-state index in [0.29, 0.717) is 23.3 Å². The van der Waals surface area contributed by atoms with Gasteiger partial charge in [-0.1, -0.05) is 30.7 Å². The molecule has 22 heavy (non-hydrogen) atoms. The summed E-state index contributed by atoms with van der Waals surface area (Å²) in [5.41, 5.74) is 1.09. The monoisotopic (exact) mass is 323 g/mol. The first-order valence-corrected chi connectivity index (χ1v) is 7.36. The number of aryl methyl sites for hydroxylation is 1. The summed E-state index contributed by atoms with van der Waals surface area (Å²) in [4.78, 5) is 13.8. The van der Waals surface area contributed by atoms with Crippen LogP contribution >= 0.6 is 11.6 Å². The average Bonchev–Trinajstić information content (AvgIpc) is 2.92. The fourth-order valence-corrected chi connectivity index (χ4v) is 2.02. The third-order valence-electron chi connectivity index (χ3n) is 3.04. The van der Waals surface area contributed by atoms with Gasteiger partial charge in [0.05, 0.1) is 6.54 Å². The maximum atomic E-state index is 11.9. The Morgan fingerprint density at radius 1 is 1.32 bits per heavy atom. The standard InChI is InChI=1S/C15H18ClN3O3/c1-3-19(8-12-4-6-13(16)7-5-12)9-15(20)21-10-14-18-17-11(2)22-14/h4-7H,3,8-10H2,1-2H3. The molecule has 0 aliphatic carbocycles. The Labute approximate surface area is 134 Å². The van der Waals surface area contributed by atoms with Crippen molar-refractivity contribution in [3.63, 3.8) is 0 Å². The normalized spacial score (nSPS) is 10.9. The van der Waals surface area contributed by atoms with Gasteiger partial charge in [0.1, 0.15) is 0 Å². The number of hydrogen-bond donors (Lipinski definition) is 0. The predicted molar refractivity (Wildman–Crippen MR) is 81.2 cm³/mol. The number of ether oxygens (including phenoxy) is 1. The summed E-state index contributed by atoms with van der Waals surface area (Å²) in [5.74, 6) is 0.419. The summed E-state index contributed by atoms with van der Waals surface area (Å²) in [7, 11) is 0. The van der Waals surface area contributed by atoms with Gasteiger partial charge < -0.3 is 9.15 Å². The Hall–Kier alpha value is -1.92. The van der Waals surface area contributed by atoms with E-state index >= 15 is 0 Å². The van der Waals surface area contributed by atoms with Crippen LogP contribution in [0.25, 0.3) is 0 Å². The van der Waals surface area contributed by atoms with Crippen LogP contribution in [0.3, 0.4) is 0 Å². The van der Waals surface area contributed by atoms with Crippen molar-refractivity contribution < 1.29 is 13.9 Å². The lowest BCUT2D eigenvalue weighted by Gasteiger charge is -2.19. The lowest BCUT2D eigenvalue weighted by molar-refractivity contribution is -0.147. The summed E-state index contributed by atoms with van der Waals surface area (Å²) in [6, 6.07) is 7.55. The van der Waals surface area contributed by atoms with Crippen molar-refractivity contribution >= 4 is 17.6 Å². The van der Waals surface area contributed by atoms with E-state index in [0.717, 1.165) is 12.1 Å². The van der Waals surface area contributed by atoms with Gasteiger partial charge in [-0.2, -0.15) is 0 Å². The van der Waals surface area contributed by atoms with Crippen LogP contribution < -0.4 is 0 Å². The molecule has 0 saturated heterocycles. The second kappa shape index (κ2) is 7.91. The van der Waals surface area contributed by atoms with E-state index in [1.165, 1.54) is 0 Å². The Morgan fingerprint density at radius 3 is 2.64 bits per heavy atom. The average molecular weight is 324 g/mol. The molecule has 1 aromatic carbocycles. The number of likely N-dealkylation sites (N-methyl/N-ethyl adjacent to an activating group) is 1. The zero-order chi connectivity index (χ0) is 15.9. The molecule has 0 atom stereocenters. The van der Waals surface area contributed by atoms with Gasteiger partial charge in [-0.05, 0) is 24.2 Å². The molecule has 0 amide bonds. The maximum absolute atomic E-state index is 11.9. The minimum absolute atomic E-state index is 0.00181. The van der Waals surface area contributed by atoms with Gasteiger partial charge in [0, 0.05) is 18.5 Å². The first kappa shape index (κ1) is 16.5. The van der Waals surface area contributed by atoms with Crippen molar-refractivity contribution in [1.82, 2.24) is 15.1 Å². The molecule has 6 nitrogen and oxygen atoms in total. The van der Waals surface area contributed by atoms with E-state index < -0.39 is 0 Å². The van der Waals surface area contributed by atoms with Crippen LogP contribution in [0.5, 0.6) is 0 Å². The molecule has 2 aromatic rings. The Morgan fingerprint density at radius 2 is 2.05 bits per heavy atom. The highest BCUT2D eigenvalue weighted by molar-refractivity contribution is 6.30. The van der Waals surface area contributed by atoms with Crippen molar-refractivity contribution in [2.24, 2.45) is 0 Å². The molecule has 0 saturated carbocycles. The van der Waals surface area contributed by atoms with Crippen LogP contribution in [0.4, 0.5) is 0 Å². The molecule has 0 aliphatic rings. The molecule has 0 spiro atoms. The van der Waals surface area contributed by atoms with Gasteiger partial charge in [-0.25, -0.2) is 0 Å². The lowest BCUT2D eigenvalue weighted by atomic mass is 10.2. The molecule has 1 heterocycles. The van der Waals surface area contributed by atoms with Crippen LogP contribution in [-0.4, -0.2) is 34.2 Å². The van der Waals surface area contributed by atoms with Crippen molar-refractivity contribution in [3.05, 3.63) is 46.6 Å². The summed E-state index contributed by atoms with van der Waals surface area (Å²) in [6.45, 7) is 5.26. The number of esters is 1. The number of halogens is 1. The molecule has 0 bridgehead atoms. The van der Waals surface area contributed by atoms with Crippen molar-refractivity contribution in [3.8, 4) is 0 Å². The summed E-state index contributed by atoms with van der Waals surface area (Å²) in [5, 5.41) is 8.14. The van der Waals surface area contributed by atoms with E-state index in [9.17, 15) is 4.79 Å². The van der Waals surface area contributed by atoms with Crippen LogP contribution in [-0.2, 0) is 22.7 Å². The van der Waals surface area contributed by atoms with Crippen molar-refractivity contribution in [1.29, 1.82) is 0 Å². The van der Waals surface area contributed by atoms with Gasteiger partial charge in [-0.15, -0.1) is 10.2 Å². The number of nitrogens with zero attached hydrogens (tertiary/aromatic N) is 3. The van der Waals surface area contributed by atoms with E-state index in [1.807, 2.05) is 36.1 Å². The molecule has 2 rings (SSSR count). The molecule has 7 heteroatoms. The molecule has 118 valence electrons. The summed E-state index contributed by atoms with van der Waals surface area (Å²) >= 11 is 5.86. The Balaban J connectivity index is 1.81. The van der Waals surface area contributed by atoms with Crippen molar-refractivity contribution in [2.45, 2.75) is 27.0 Å². The number of carbonyl (C=O) groups is 1. The highest BCUT2D eigenvalue weighted by atomic mass is 35.5. The quantitative estimate of drug-likeness (QED) is 0.730. The smallest absolute Gasteiger partial charge is 0.320 e. The molecule has 0 fully saturated rings. The molecule has 0 N–H and O–H groups in total. The van der Waals surface area contributed by atoms with Gasteiger partial charge in [0.25, 0.3) is 5.89 Å². The summed E-state index contributed by atoms with van der Waals surface area (Å²) in [6.07, 6.45) is 0. The Bertz CT molecular complexity index is 613. The van der Waals surface area contributed by atoms with Crippen LogP contribution in [0, 0.1) is 6.92 Å². The topological polar surface area (TPSA) is 68.5 Å². The molecular weight excluding hydrogens is 306 g/mol. The second-order valence-electron chi connectivity index (χ2n) is 4.81. The predicted octanol–water partition coefficient (Wildman–Crippen LogP) is 2.60. The fraction of sp³-hybridized carbons (Fsp3) is 0.400. The number of carbonyl (C=O) groups excluding carboxylic acids is 1. The van der Waals surface area contributed by atoms with E-state index in [1.54, 1.807) is 6.92 Å². The van der Waals surface area contributed by atoms with E-state index in [2.05, 4.69) is 10.2 Å². The number of hydrogen-bond acceptors (Lipinski definition) is 6. The highest BCUT2D eigenvalue weighted by Crippen LogP contribution is 2.11. The number of benzene rings is 1. The third kappa shape index (κ3) is 5.13. The Kier molecular flexibility index (Phi) is 5.91. The van der Waals surface area contributed by atoms with Crippen LogP contribution in [0.15, 0.2) is 28.7 Å². The van der Waals surface area contributed by atoms with E-state index in [4.69, 9.17) is 20.8 Å². The van der Waals surface area contributed by atoms with Crippen LogP contribution in [0.1, 0.15) is 24.3 Å². The summed E-state index contributed by atoms with van der Waals surface area (Å²) < 4.78 is 10.3. The fourth-order valence-electron chi connectivity index (χ4n) is 1.89. The van der Waals surface area contributed by atoms with Gasteiger partial charge in [0.15, 0.2) is 6.61 Å². The largest absolute Gasteiger partial charge is 0.455 e. The maximum Gasteiger partial charge on any atom is 0.320 e. The minimum atomic E-state index is -0.327. The van der Waals surface area contributed by atoms with Crippen LogP contribution in [0.2, 0.25) is 5.02 Å². The van der Waals surface area contributed by atoms with Gasteiger partial charge in [-0.3, -0.25) is 9.69 Å². The van der Waals surface area contributed by atoms with Gasteiger partial charge >= 0.3 is 5.97 Å². The molecular formula is C15H18ClN3O3. The lowest BCUT2D eigenvalue weighted by Crippen LogP contribution is -2.30. The second-order valence-corrected chi connectivity index (χ2v) is 5.24. The zero-order valence-corrected chi connectivity index (χ0v) is 13.3. The number of rotatable bonds is 7. The highest BCUT2D eigenvalue weighted by Gasteiger charge is 2.12. The zero-order valence-electron chi connectivity index (χ0n) is 12.6. The van der Waals surface area contributed by atoms with E-state index in [-0.39, 0.29) is 19.1 Å². The third-order valence-corrected chi connectivity index (χ3v) is 3.30. The first-order chi connectivity index (χ1) is 10.6. The number of aromatic nitrogens is 2. The molecule has 0 aliphatic heterocycles. The molecule has 1 aromatic heterocycles.